The summed E-state index contributed by atoms with van der Waals surface area (Å²) in [6, 6.07) is 1.54. The van der Waals surface area contributed by atoms with Gasteiger partial charge in [-0.05, 0) is 25.7 Å². The molecule has 0 saturated heterocycles. The molecule has 0 saturated carbocycles. The molecule has 1 radical (unpaired) electrons. The van der Waals surface area contributed by atoms with Gasteiger partial charge in [-0.3, -0.25) is 0 Å². The van der Waals surface area contributed by atoms with Crippen LogP contribution in [0.1, 0.15) is 285 Å². The van der Waals surface area contributed by atoms with Crippen molar-refractivity contribution in [1.82, 2.24) is 5.32 Å². The van der Waals surface area contributed by atoms with Gasteiger partial charge in [0.25, 0.3) is 0 Å². The Labute approximate surface area is 319 Å². The number of hydrogen-bond donors (Lipinski definition) is 1. The summed E-state index contributed by atoms with van der Waals surface area (Å²) in [6.07, 6.45) is 58.0. The van der Waals surface area contributed by atoms with Gasteiger partial charge >= 0.3 is 0 Å². The molecule has 0 bridgehead atoms. The van der Waals surface area contributed by atoms with Crippen molar-refractivity contribution in [2.24, 2.45) is 0 Å². The SMILES string of the molecule is CCCCCCCCCCCCCC(CCCCCCCCC)NC(CCCCCCCCC)CCCCCCCCCCCCC.[Li]. The smallest absolute Gasteiger partial charge is 0.00696 e. The Hall–Kier alpha value is 0.557. The van der Waals surface area contributed by atoms with Crippen LogP contribution in [0.3, 0.4) is 0 Å². The van der Waals surface area contributed by atoms with Crippen molar-refractivity contribution in [2.75, 3.05) is 0 Å². The van der Waals surface area contributed by atoms with Crippen LogP contribution in [-0.4, -0.2) is 30.9 Å². The molecule has 285 valence electrons. The fourth-order valence-electron chi connectivity index (χ4n) is 7.76. The van der Waals surface area contributed by atoms with E-state index in [9.17, 15) is 0 Å². The summed E-state index contributed by atoms with van der Waals surface area (Å²) in [6.45, 7) is 9.32. The predicted octanol–water partition coefficient (Wildman–Crippen LogP) is 16.6. The molecule has 2 unspecified atom stereocenters. The summed E-state index contributed by atoms with van der Waals surface area (Å²) in [4.78, 5) is 0. The van der Waals surface area contributed by atoms with E-state index in [1.807, 2.05) is 0 Å². The molecule has 0 aromatic heterocycles. The number of hydrogen-bond acceptors (Lipinski definition) is 1. The zero-order valence-corrected chi connectivity index (χ0v) is 34.9. The quantitative estimate of drug-likeness (QED) is 0.0504. The van der Waals surface area contributed by atoms with Crippen LogP contribution >= 0.6 is 0 Å². The Kier molecular flexibility index (Phi) is 48.1. The third kappa shape index (κ3) is 41.0. The van der Waals surface area contributed by atoms with Gasteiger partial charge in [0.1, 0.15) is 0 Å². The normalized spacial score (nSPS) is 12.8. The maximum atomic E-state index is 4.35. The molecule has 0 aliphatic heterocycles. The first-order chi connectivity index (χ1) is 23.3. The second-order valence-electron chi connectivity index (χ2n) is 16.0. The van der Waals surface area contributed by atoms with Crippen LogP contribution in [-0.2, 0) is 0 Å². The zero-order chi connectivity index (χ0) is 34.1. The molecule has 1 N–H and O–H groups in total. The molecule has 2 heteroatoms. The van der Waals surface area contributed by atoms with Crippen molar-refractivity contribution in [3.8, 4) is 0 Å². The van der Waals surface area contributed by atoms with Crippen molar-refractivity contribution in [3.63, 3.8) is 0 Å². The average Bonchev–Trinajstić information content (AvgIpc) is 3.08. The van der Waals surface area contributed by atoms with Crippen LogP contribution in [0.5, 0.6) is 0 Å². The van der Waals surface area contributed by atoms with E-state index in [-0.39, 0.29) is 18.9 Å². The molecule has 1 nitrogen and oxygen atoms in total. The van der Waals surface area contributed by atoms with Crippen molar-refractivity contribution in [3.05, 3.63) is 0 Å². The molecule has 0 heterocycles. The molecule has 0 aromatic carbocycles. The van der Waals surface area contributed by atoms with Gasteiger partial charge in [-0.1, -0.05) is 259 Å². The van der Waals surface area contributed by atoms with Crippen molar-refractivity contribution in [1.29, 1.82) is 0 Å². The Morgan fingerprint density at radius 3 is 0.542 bits per heavy atom. The third-order valence-corrected chi connectivity index (χ3v) is 11.1. The molecule has 0 amide bonds. The first kappa shape index (κ1) is 50.7. The molecule has 0 rings (SSSR count). The molecular weight excluding hydrogens is 573 g/mol. The van der Waals surface area contributed by atoms with E-state index < -0.39 is 0 Å². The van der Waals surface area contributed by atoms with Crippen LogP contribution in [0.25, 0.3) is 0 Å². The minimum Gasteiger partial charge on any atom is -0.311 e. The van der Waals surface area contributed by atoms with E-state index >= 15 is 0 Å². The Morgan fingerprint density at radius 1 is 0.229 bits per heavy atom. The van der Waals surface area contributed by atoms with Gasteiger partial charge in [-0.15, -0.1) is 0 Å². The summed E-state index contributed by atoms with van der Waals surface area (Å²) in [5, 5.41) is 4.35. The molecule has 2 atom stereocenters. The van der Waals surface area contributed by atoms with Crippen LogP contribution in [0.15, 0.2) is 0 Å². The summed E-state index contributed by atoms with van der Waals surface area (Å²) in [7, 11) is 0. The number of nitrogens with one attached hydrogen (secondary N) is 1. The molecule has 0 aromatic rings. The largest absolute Gasteiger partial charge is 0.311 e. The Morgan fingerprint density at radius 2 is 0.375 bits per heavy atom. The molecular formula is C46H95LiN. The monoisotopic (exact) mass is 669 g/mol. The minimum atomic E-state index is 0. The fourth-order valence-corrected chi connectivity index (χ4v) is 7.76. The number of unbranched alkanes of at least 4 members (excludes halogenated alkanes) is 32. The maximum absolute atomic E-state index is 4.35. The van der Waals surface area contributed by atoms with Gasteiger partial charge in [0, 0.05) is 30.9 Å². The van der Waals surface area contributed by atoms with Crippen molar-refractivity contribution < 1.29 is 0 Å². The van der Waals surface area contributed by atoms with E-state index in [0.29, 0.717) is 0 Å². The van der Waals surface area contributed by atoms with Gasteiger partial charge in [-0.25, -0.2) is 0 Å². The van der Waals surface area contributed by atoms with Crippen LogP contribution in [0.4, 0.5) is 0 Å². The zero-order valence-electron chi connectivity index (χ0n) is 34.9. The second kappa shape index (κ2) is 45.6. The van der Waals surface area contributed by atoms with Gasteiger partial charge in [0.2, 0.25) is 0 Å². The molecule has 0 spiro atoms. The first-order valence-electron chi connectivity index (χ1n) is 23.0. The Bertz CT molecular complexity index is 490. The standard InChI is InChI=1S/C46H95N.Li/c1-5-9-13-17-21-23-25-27-31-35-39-43-45(41-37-33-29-19-15-11-7-3)47-46(42-38-34-30-20-16-12-8-4)44-40-36-32-28-26-24-22-18-14-10-6-2;/h45-47H,5-44H2,1-4H3;. The summed E-state index contributed by atoms with van der Waals surface area (Å²) in [5.41, 5.74) is 0. The maximum Gasteiger partial charge on any atom is 0.00696 e. The third-order valence-electron chi connectivity index (χ3n) is 11.1. The van der Waals surface area contributed by atoms with E-state index in [0.717, 1.165) is 12.1 Å². The van der Waals surface area contributed by atoms with E-state index in [1.54, 1.807) is 0 Å². The summed E-state index contributed by atoms with van der Waals surface area (Å²) < 4.78 is 0. The van der Waals surface area contributed by atoms with E-state index in [2.05, 4.69) is 33.0 Å². The van der Waals surface area contributed by atoms with Gasteiger partial charge in [0.15, 0.2) is 0 Å². The predicted molar refractivity (Wildman–Crippen MR) is 224 cm³/mol. The van der Waals surface area contributed by atoms with Gasteiger partial charge in [-0.2, -0.15) is 0 Å². The van der Waals surface area contributed by atoms with Gasteiger partial charge < -0.3 is 5.32 Å². The fraction of sp³-hybridized carbons (Fsp3) is 1.00. The van der Waals surface area contributed by atoms with Gasteiger partial charge in [0.05, 0.1) is 0 Å². The topological polar surface area (TPSA) is 12.0 Å². The summed E-state index contributed by atoms with van der Waals surface area (Å²) in [5.74, 6) is 0. The van der Waals surface area contributed by atoms with E-state index in [1.165, 1.54) is 257 Å². The van der Waals surface area contributed by atoms with E-state index in [4.69, 9.17) is 0 Å². The molecule has 48 heavy (non-hydrogen) atoms. The molecule has 0 fully saturated rings. The summed E-state index contributed by atoms with van der Waals surface area (Å²) >= 11 is 0. The molecule has 0 aliphatic carbocycles. The first-order valence-corrected chi connectivity index (χ1v) is 23.0. The average molecular weight is 669 g/mol. The van der Waals surface area contributed by atoms with Crippen molar-refractivity contribution >= 4 is 18.9 Å². The second-order valence-corrected chi connectivity index (χ2v) is 16.0. The molecule has 0 aliphatic rings. The van der Waals surface area contributed by atoms with Crippen LogP contribution in [0.2, 0.25) is 0 Å². The minimum absolute atomic E-state index is 0. The number of rotatable bonds is 42. The van der Waals surface area contributed by atoms with Crippen molar-refractivity contribution in [2.45, 2.75) is 297 Å². The van der Waals surface area contributed by atoms with Crippen LogP contribution < -0.4 is 5.32 Å². The Balaban J connectivity index is 0. The van der Waals surface area contributed by atoms with Crippen LogP contribution in [0, 0.1) is 0 Å².